The van der Waals surface area contributed by atoms with Gasteiger partial charge in [-0.1, -0.05) is 0 Å². The summed E-state index contributed by atoms with van der Waals surface area (Å²) in [6.45, 7) is 2.34. The molecule has 0 amide bonds. The minimum absolute atomic E-state index is 0.935. The van der Waals surface area contributed by atoms with Gasteiger partial charge in [-0.15, -0.1) is 0 Å². The SMILES string of the molecule is CCC1=CC2=C(CCCC2)[CH]1[Ti]([CH3])([CH3])[CH3]. The van der Waals surface area contributed by atoms with Gasteiger partial charge >= 0.3 is 98.3 Å². The monoisotopic (exact) mass is 240 g/mol. The van der Waals surface area contributed by atoms with Crippen molar-refractivity contribution in [2.75, 3.05) is 0 Å². The molecule has 0 aromatic carbocycles. The van der Waals surface area contributed by atoms with Gasteiger partial charge in [0.05, 0.1) is 0 Å². The molecular weight excluding hydrogens is 216 g/mol. The van der Waals surface area contributed by atoms with Crippen molar-refractivity contribution in [1.29, 1.82) is 0 Å². The molecule has 0 aromatic heterocycles. The molecule has 0 bridgehead atoms. The van der Waals surface area contributed by atoms with Gasteiger partial charge in [0, 0.05) is 0 Å². The fourth-order valence-corrected chi connectivity index (χ4v) is 7.70. The van der Waals surface area contributed by atoms with E-state index in [0.29, 0.717) is 0 Å². The molecule has 0 radical (unpaired) electrons. The molecule has 0 spiro atoms. The minimum atomic E-state index is -1.55. The van der Waals surface area contributed by atoms with Crippen LogP contribution in [0.3, 0.4) is 0 Å². The summed E-state index contributed by atoms with van der Waals surface area (Å²) in [6, 6.07) is 0. The Morgan fingerprint density at radius 3 is 2.47 bits per heavy atom. The molecule has 0 saturated heterocycles. The van der Waals surface area contributed by atoms with E-state index in [1.165, 1.54) is 32.1 Å². The molecule has 1 atom stereocenters. The van der Waals surface area contributed by atoms with Crippen LogP contribution in [0.5, 0.6) is 0 Å². The molecule has 2 rings (SSSR count). The first-order chi connectivity index (χ1) is 7.04. The summed E-state index contributed by atoms with van der Waals surface area (Å²) in [5.41, 5.74) is 5.38. The van der Waals surface area contributed by atoms with E-state index in [1.807, 2.05) is 5.57 Å². The fourth-order valence-electron chi connectivity index (χ4n) is 3.36. The van der Waals surface area contributed by atoms with Crippen LogP contribution in [0, 0.1) is 0 Å². The Bertz CT molecular complexity index is 315. The van der Waals surface area contributed by atoms with E-state index in [9.17, 15) is 0 Å². The zero-order chi connectivity index (χ0) is 11.1. The Kier molecular flexibility index (Phi) is 3.29. The van der Waals surface area contributed by atoms with Crippen LogP contribution in [0.1, 0.15) is 39.0 Å². The van der Waals surface area contributed by atoms with Crippen molar-refractivity contribution in [3.05, 3.63) is 22.8 Å². The van der Waals surface area contributed by atoms with E-state index in [2.05, 4.69) is 28.7 Å². The summed E-state index contributed by atoms with van der Waals surface area (Å²) >= 11 is -1.55. The van der Waals surface area contributed by atoms with Gasteiger partial charge in [-0.3, -0.25) is 0 Å². The van der Waals surface area contributed by atoms with Crippen LogP contribution in [-0.2, 0) is 16.6 Å². The Morgan fingerprint density at radius 1 is 1.20 bits per heavy atom. The Labute approximate surface area is 98.2 Å². The molecule has 0 saturated carbocycles. The van der Waals surface area contributed by atoms with Gasteiger partial charge in [-0.2, -0.15) is 0 Å². The molecule has 0 fully saturated rings. The van der Waals surface area contributed by atoms with E-state index < -0.39 is 16.6 Å². The number of hydrogen-bond acceptors (Lipinski definition) is 0. The molecule has 0 aromatic rings. The third-order valence-electron chi connectivity index (χ3n) is 3.91. The van der Waals surface area contributed by atoms with Gasteiger partial charge in [0.25, 0.3) is 0 Å². The Balaban J connectivity index is 2.34. The summed E-state index contributed by atoms with van der Waals surface area (Å²) in [5.74, 6) is 0. The molecular formula is C14H24Ti. The molecule has 2 aliphatic rings. The van der Waals surface area contributed by atoms with E-state index in [0.717, 1.165) is 4.22 Å². The third-order valence-corrected chi connectivity index (χ3v) is 7.74. The van der Waals surface area contributed by atoms with Crippen molar-refractivity contribution in [3.63, 3.8) is 0 Å². The second kappa shape index (κ2) is 4.22. The first kappa shape index (κ1) is 11.7. The van der Waals surface area contributed by atoms with Crippen molar-refractivity contribution in [2.45, 2.75) is 58.9 Å². The van der Waals surface area contributed by atoms with Crippen molar-refractivity contribution in [3.8, 4) is 0 Å². The molecule has 2 aliphatic carbocycles. The topological polar surface area (TPSA) is 0 Å². The Hall–Kier alpha value is 0.194. The van der Waals surface area contributed by atoms with E-state index in [1.54, 1.807) is 11.1 Å². The maximum atomic E-state index is 2.58. The summed E-state index contributed by atoms with van der Waals surface area (Å²) in [4.78, 5) is 0. The summed E-state index contributed by atoms with van der Waals surface area (Å²) in [5, 5.41) is 7.75. The predicted octanol–water partition coefficient (Wildman–Crippen LogP) is 5.29. The van der Waals surface area contributed by atoms with Crippen LogP contribution in [0.4, 0.5) is 0 Å². The summed E-state index contributed by atoms with van der Waals surface area (Å²) in [7, 11) is 0. The average Bonchev–Trinajstić information content (AvgIpc) is 2.54. The van der Waals surface area contributed by atoms with E-state index >= 15 is 0 Å². The molecule has 0 heterocycles. The van der Waals surface area contributed by atoms with Crippen LogP contribution in [0.25, 0.3) is 0 Å². The third kappa shape index (κ3) is 2.17. The van der Waals surface area contributed by atoms with Crippen molar-refractivity contribution >= 4 is 0 Å². The molecule has 84 valence electrons. The number of allylic oxidation sites excluding steroid dienone is 4. The van der Waals surface area contributed by atoms with Crippen LogP contribution < -0.4 is 0 Å². The van der Waals surface area contributed by atoms with Gasteiger partial charge in [-0.05, 0) is 0 Å². The van der Waals surface area contributed by atoms with Gasteiger partial charge in [0.15, 0.2) is 0 Å². The zero-order valence-corrected chi connectivity index (χ0v) is 12.3. The van der Waals surface area contributed by atoms with Gasteiger partial charge in [0.1, 0.15) is 0 Å². The number of rotatable bonds is 2. The Morgan fingerprint density at radius 2 is 1.87 bits per heavy atom. The fraction of sp³-hybridized carbons (Fsp3) is 0.714. The first-order valence-electron chi connectivity index (χ1n) is 6.46. The normalized spacial score (nSPS) is 26.7. The molecule has 15 heavy (non-hydrogen) atoms. The van der Waals surface area contributed by atoms with Crippen molar-refractivity contribution in [2.24, 2.45) is 0 Å². The van der Waals surface area contributed by atoms with Gasteiger partial charge in [0.2, 0.25) is 0 Å². The van der Waals surface area contributed by atoms with E-state index in [-0.39, 0.29) is 0 Å². The molecule has 0 N–H and O–H groups in total. The number of hydrogen-bond donors (Lipinski definition) is 0. The molecule has 1 unspecified atom stereocenters. The van der Waals surface area contributed by atoms with Crippen LogP contribution >= 0.6 is 0 Å². The van der Waals surface area contributed by atoms with Crippen LogP contribution in [-0.4, -0.2) is 0 Å². The van der Waals surface area contributed by atoms with E-state index in [4.69, 9.17) is 0 Å². The van der Waals surface area contributed by atoms with Crippen LogP contribution in [0.15, 0.2) is 22.8 Å². The maximum absolute atomic E-state index is 2.58. The quantitative estimate of drug-likeness (QED) is 0.575. The molecule has 0 nitrogen and oxygen atoms in total. The average molecular weight is 240 g/mol. The van der Waals surface area contributed by atoms with Gasteiger partial charge < -0.3 is 0 Å². The molecule has 0 aliphatic heterocycles. The van der Waals surface area contributed by atoms with Crippen LogP contribution in [0.2, 0.25) is 19.9 Å². The van der Waals surface area contributed by atoms with Crippen molar-refractivity contribution < 1.29 is 16.6 Å². The standard InChI is InChI=1S/C11H15.3CH3.Ti/c1-2-9-7-10-5-3-4-6-11(10)8-9;;;;/h7-8H,2-6H2,1H3;3*1H3;. The van der Waals surface area contributed by atoms with Crippen molar-refractivity contribution in [1.82, 2.24) is 0 Å². The summed E-state index contributed by atoms with van der Waals surface area (Å²) < 4.78 is 0.935. The predicted molar refractivity (Wildman–Crippen MR) is 65.2 cm³/mol. The molecule has 1 heteroatoms. The second-order valence-electron chi connectivity index (χ2n) is 6.13. The first-order valence-corrected chi connectivity index (χ1v) is 12.0. The van der Waals surface area contributed by atoms with Gasteiger partial charge in [-0.25, -0.2) is 0 Å². The summed E-state index contributed by atoms with van der Waals surface area (Å²) in [6.07, 6.45) is 9.49. The second-order valence-corrected chi connectivity index (χ2v) is 14.4. The zero-order valence-electron chi connectivity index (χ0n) is 10.7.